The third kappa shape index (κ3) is 2.71. The van der Waals surface area contributed by atoms with E-state index in [4.69, 9.17) is 5.73 Å². The molecule has 0 atom stereocenters. The van der Waals surface area contributed by atoms with Gasteiger partial charge in [-0.05, 0) is 62.1 Å². The number of imidazole rings is 1. The monoisotopic (exact) mass is 319 g/mol. The first-order valence-corrected chi connectivity index (χ1v) is 7.91. The summed E-state index contributed by atoms with van der Waals surface area (Å²) < 4.78 is 0. The lowest BCUT2D eigenvalue weighted by Gasteiger charge is -2.09. The molecule has 0 spiro atoms. The molecule has 3 N–H and O–H groups in total. The Balaban J connectivity index is 2.08. The minimum Gasteiger partial charge on any atom is -0.366 e. The Kier molecular flexibility index (Phi) is 3.97. The molecule has 2 aromatic carbocycles. The van der Waals surface area contributed by atoms with Crippen LogP contribution in [0.25, 0.3) is 22.6 Å². The third-order valence-electron chi connectivity index (χ3n) is 4.56. The van der Waals surface area contributed by atoms with Crippen molar-refractivity contribution in [2.45, 2.75) is 27.7 Å². The second kappa shape index (κ2) is 5.96. The first-order valence-electron chi connectivity index (χ1n) is 7.91. The fraction of sp³-hybridized carbons (Fsp3) is 0.200. The number of carbonyl (C=O) groups excluding carboxylic acids is 1. The van der Waals surface area contributed by atoms with Crippen molar-refractivity contribution in [2.24, 2.45) is 5.73 Å². The van der Waals surface area contributed by atoms with Gasteiger partial charge in [-0.2, -0.15) is 0 Å². The lowest BCUT2D eigenvalue weighted by atomic mass is 9.99. The zero-order chi connectivity index (χ0) is 17.4. The molecule has 0 bridgehead atoms. The molecule has 1 amide bonds. The number of H-pyrrole nitrogens is 1. The molecule has 1 aromatic heterocycles. The summed E-state index contributed by atoms with van der Waals surface area (Å²) in [5.74, 6) is 0.314. The van der Waals surface area contributed by atoms with Crippen LogP contribution in [0.1, 0.15) is 32.6 Å². The number of nitrogens with two attached hydrogens (primary N) is 1. The Morgan fingerprint density at radius 3 is 2.42 bits per heavy atom. The molecule has 3 rings (SSSR count). The SMILES string of the molecule is Cc1cc(C)c(-c2cnc(-c3cccc(C(N)=O)c3C)[nH]2)cc1C. The van der Waals surface area contributed by atoms with Gasteiger partial charge in [0.2, 0.25) is 5.91 Å². The molecule has 122 valence electrons. The molecular formula is C20H21N3O. The summed E-state index contributed by atoms with van der Waals surface area (Å²) in [6.07, 6.45) is 1.84. The molecule has 0 aliphatic rings. The van der Waals surface area contributed by atoms with E-state index in [2.05, 4.69) is 42.9 Å². The predicted octanol–water partition coefficient (Wildman–Crippen LogP) is 4.08. The highest BCUT2D eigenvalue weighted by Gasteiger charge is 2.14. The van der Waals surface area contributed by atoms with E-state index in [0.717, 1.165) is 28.2 Å². The second-order valence-corrected chi connectivity index (χ2v) is 6.24. The van der Waals surface area contributed by atoms with Crippen LogP contribution < -0.4 is 5.73 Å². The summed E-state index contributed by atoms with van der Waals surface area (Å²) >= 11 is 0. The van der Waals surface area contributed by atoms with Crippen LogP contribution in [0.3, 0.4) is 0 Å². The summed E-state index contributed by atoms with van der Waals surface area (Å²) in [7, 11) is 0. The van der Waals surface area contributed by atoms with Gasteiger partial charge in [-0.15, -0.1) is 0 Å². The van der Waals surface area contributed by atoms with Crippen LogP contribution in [-0.2, 0) is 0 Å². The highest BCUT2D eigenvalue weighted by molar-refractivity contribution is 5.96. The van der Waals surface area contributed by atoms with Crippen LogP contribution in [0.4, 0.5) is 0 Å². The lowest BCUT2D eigenvalue weighted by molar-refractivity contribution is 0.1000. The first kappa shape index (κ1) is 16.0. The number of rotatable bonds is 3. The number of aromatic amines is 1. The number of aromatic nitrogens is 2. The minimum absolute atomic E-state index is 0.425. The van der Waals surface area contributed by atoms with Gasteiger partial charge in [-0.1, -0.05) is 18.2 Å². The maximum atomic E-state index is 11.5. The van der Waals surface area contributed by atoms with E-state index in [1.807, 2.05) is 25.3 Å². The van der Waals surface area contributed by atoms with E-state index in [9.17, 15) is 4.79 Å². The van der Waals surface area contributed by atoms with E-state index in [0.29, 0.717) is 5.56 Å². The largest absolute Gasteiger partial charge is 0.366 e. The normalized spacial score (nSPS) is 10.8. The Hall–Kier alpha value is -2.88. The van der Waals surface area contributed by atoms with Gasteiger partial charge in [0.05, 0.1) is 11.9 Å². The van der Waals surface area contributed by atoms with Gasteiger partial charge < -0.3 is 10.7 Å². The molecule has 0 saturated carbocycles. The van der Waals surface area contributed by atoms with Crippen LogP contribution in [-0.4, -0.2) is 15.9 Å². The number of hydrogen-bond acceptors (Lipinski definition) is 2. The van der Waals surface area contributed by atoms with Crippen LogP contribution in [0.5, 0.6) is 0 Å². The lowest BCUT2D eigenvalue weighted by Crippen LogP contribution is -2.13. The number of benzene rings is 2. The summed E-state index contributed by atoms with van der Waals surface area (Å²) in [5, 5.41) is 0. The maximum absolute atomic E-state index is 11.5. The molecule has 0 saturated heterocycles. The number of nitrogens with one attached hydrogen (secondary N) is 1. The zero-order valence-corrected chi connectivity index (χ0v) is 14.4. The highest BCUT2D eigenvalue weighted by Crippen LogP contribution is 2.29. The Morgan fingerprint density at radius 1 is 1.00 bits per heavy atom. The van der Waals surface area contributed by atoms with Crippen LogP contribution in [0, 0.1) is 27.7 Å². The molecular weight excluding hydrogens is 298 g/mol. The van der Waals surface area contributed by atoms with Crippen molar-refractivity contribution in [1.29, 1.82) is 0 Å². The van der Waals surface area contributed by atoms with Gasteiger partial charge in [-0.25, -0.2) is 4.98 Å². The number of carbonyl (C=O) groups is 1. The van der Waals surface area contributed by atoms with Crippen molar-refractivity contribution in [3.05, 3.63) is 64.3 Å². The molecule has 3 aromatic rings. The molecule has 1 heterocycles. The third-order valence-corrected chi connectivity index (χ3v) is 4.56. The standard InChI is InChI=1S/C20H21N3O/c1-11-8-13(3)17(9-12(11)2)18-10-22-20(23-18)16-7-5-6-15(14(16)4)19(21)24/h5-10H,1-4H3,(H2,21,24)(H,22,23). The fourth-order valence-electron chi connectivity index (χ4n) is 3.00. The van der Waals surface area contributed by atoms with Crippen molar-refractivity contribution in [2.75, 3.05) is 0 Å². The van der Waals surface area contributed by atoms with E-state index in [1.54, 1.807) is 6.07 Å². The Bertz CT molecular complexity index is 938. The van der Waals surface area contributed by atoms with Crippen LogP contribution >= 0.6 is 0 Å². The van der Waals surface area contributed by atoms with E-state index in [-0.39, 0.29) is 0 Å². The van der Waals surface area contributed by atoms with E-state index < -0.39 is 5.91 Å². The maximum Gasteiger partial charge on any atom is 0.248 e. The molecule has 0 fully saturated rings. The Labute approximate surface area is 141 Å². The predicted molar refractivity (Wildman–Crippen MR) is 96.9 cm³/mol. The number of primary amides is 1. The van der Waals surface area contributed by atoms with Gasteiger partial charge in [0.1, 0.15) is 5.82 Å². The molecule has 0 aliphatic carbocycles. The Morgan fingerprint density at radius 2 is 1.71 bits per heavy atom. The van der Waals surface area contributed by atoms with Gasteiger partial charge in [0.15, 0.2) is 0 Å². The molecule has 0 aliphatic heterocycles. The summed E-state index contributed by atoms with van der Waals surface area (Å²) in [5.41, 5.74) is 13.5. The smallest absolute Gasteiger partial charge is 0.248 e. The minimum atomic E-state index is -0.425. The number of nitrogens with zero attached hydrogens (tertiary/aromatic N) is 1. The summed E-state index contributed by atoms with van der Waals surface area (Å²) in [4.78, 5) is 19.4. The van der Waals surface area contributed by atoms with Gasteiger partial charge >= 0.3 is 0 Å². The van der Waals surface area contributed by atoms with Gasteiger partial charge in [-0.3, -0.25) is 4.79 Å². The van der Waals surface area contributed by atoms with Gasteiger partial charge in [0, 0.05) is 16.7 Å². The van der Waals surface area contributed by atoms with E-state index in [1.165, 1.54) is 16.7 Å². The summed E-state index contributed by atoms with van der Waals surface area (Å²) in [6, 6.07) is 9.86. The summed E-state index contributed by atoms with van der Waals surface area (Å²) in [6.45, 7) is 8.21. The van der Waals surface area contributed by atoms with Crippen LogP contribution in [0.2, 0.25) is 0 Å². The quantitative estimate of drug-likeness (QED) is 0.763. The highest BCUT2D eigenvalue weighted by atomic mass is 16.1. The van der Waals surface area contributed by atoms with Crippen molar-refractivity contribution < 1.29 is 4.79 Å². The molecule has 4 nitrogen and oxygen atoms in total. The molecule has 4 heteroatoms. The van der Waals surface area contributed by atoms with Gasteiger partial charge in [0.25, 0.3) is 0 Å². The fourth-order valence-corrected chi connectivity index (χ4v) is 3.00. The van der Waals surface area contributed by atoms with E-state index >= 15 is 0 Å². The zero-order valence-electron chi connectivity index (χ0n) is 14.4. The van der Waals surface area contributed by atoms with Crippen molar-refractivity contribution >= 4 is 5.91 Å². The van der Waals surface area contributed by atoms with Crippen molar-refractivity contribution in [1.82, 2.24) is 9.97 Å². The number of amides is 1. The number of aryl methyl sites for hydroxylation is 3. The first-order chi connectivity index (χ1) is 11.4. The average molecular weight is 319 g/mol. The molecule has 24 heavy (non-hydrogen) atoms. The average Bonchev–Trinajstić information content (AvgIpc) is 3.00. The van der Waals surface area contributed by atoms with Crippen molar-refractivity contribution in [3.63, 3.8) is 0 Å². The van der Waals surface area contributed by atoms with Crippen LogP contribution in [0.15, 0.2) is 36.5 Å². The topological polar surface area (TPSA) is 71.8 Å². The second-order valence-electron chi connectivity index (χ2n) is 6.24. The van der Waals surface area contributed by atoms with Crippen molar-refractivity contribution in [3.8, 4) is 22.6 Å². The molecule has 0 radical (unpaired) electrons. The number of hydrogen-bond donors (Lipinski definition) is 2. The molecule has 0 unspecified atom stereocenters.